The van der Waals surface area contributed by atoms with Crippen LogP contribution in [0.4, 0.5) is 15.3 Å². The van der Waals surface area contributed by atoms with Crippen LogP contribution in [0.2, 0.25) is 0 Å². The van der Waals surface area contributed by atoms with E-state index in [1.165, 1.54) is 10.5 Å². The maximum absolute atomic E-state index is 12.4. The quantitative estimate of drug-likeness (QED) is 0.605. The Morgan fingerprint density at radius 1 is 1.17 bits per heavy atom. The Morgan fingerprint density at radius 3 is 2.47 bits per heavy atom. The molecule has 0 saturated carbocycles. The van der Waals surface area contributed by atoms with Crippen molar-refractivity contribution in [2.24, 2.45) is 0 Å². The number of hydrogen-bond donors (Lipinski definition) is 2. The largest absolute Gasteiger partial charge is 0.336 e. The normalized spacial score (nSPS) is 15.0. The van der Waals surface area contributed by atoms with E-state index >= 15 is 0 Å². The molecular formula is C21H26N4O3S2. The van der Waals surface area contributed by atoms with Crippen LogP contribution in [0.3, 0.4) is 0 Å². The van der Waals surface area contributed by atoms with Crippen molar-refractivity contribution in [2.75, 3.05) is 30.7 Å². The molecule has 2 aromatic rings. The second kappa shape index (κ2) is 10.6. The summed E-state index contributed by atoms with van der Waals surface area (Å²) in [6.07, 6.45) is 0. The zero-order valence-corrected chi connectivity index (χ0v) is 18.7. The number of nitrogens with zero attached hydrogens (tertiary/aromatic N) is 2. The number of likely N-dealkylation sites (N-methyl/N-ethyl adjacent to an activating group) is 1. The predicted octanol–water partition coefficient (Wildman–Crippen LogP) is 4.15. The Morgan fingerprint density at radius 2 is 1.90 bits per heavy atom. The first kappa shape index (κ1) is 22.3. The van der Waals surface area contributed by atoms with E-state index in [0.717, 1.165) is 30.4 Å². The van der Waals surface area contributed by atoms with Gasteiger partial charge in [0.15, 0.2) is 0 Å². The van der Waals surface area contributed by atoms with Gasteiger partial charge in [0.1, 0.15) is 0 Å². The van der Waals surface area contributed by atoms with E-state index in [-0.39, 0.29) is 35.5 Å². The molecule has 3 rings (SSSR count). The van der Waals surface area contributed by atoms with Crippen molar-refractivity contribution in [3.63, 3.8) is 0 Å². The lowest BCUT2D eigenvalue weighted by molar-refractivity contribution is -0.125. The molecule has 2 N–H and O–H groups in total. The van der Waals surface area contributed by atoms with Crippen LogP contribution >= 0.6 is 23.1 Å². The van der Waals surface area contributed by atoms with E-state index in [0.29, 0.717) is 12.2 Å². The molecular weight excluding hydrogens is 420 g/mol. The number of benzene rings is 1. The van der Waals surface area contributed by atoms with Crippen molar-refractivity contribution in [2.45, 2.75) is 26.4 Å². The number of thiophene rings is 1. The van der Waals surface area contributed by atoms with E-state index in [1.54, 1.807) is 23.5 Å². The van der Waals surface area contributed by atoms with Gasteiger partial charge in [0.25, 0.3) is 5.24 Å². The second-order valence-electron chi connectivity index (χ2n) is 6.86. The van der Waals surface area contributed by atoms with Gasteiger partial charge in [-0.3, -0.25) is 19.4 Å². The summed E-state index contributed by atoms with van der Waals surface area (Å²) in [5, 5.41) is 9.76. The summed E-state index contributed by atoms with van der Waals surface area (Å²) in [7, 11) is 0. The third kappa shape index (κ3) is 5.62. The van der Waals surface area contributed by atoms with Gasteiger partial charge >= 0.3 is 6.03 Å². The van der Waals surface area contributed by atoms with Crippen molar-refractivity contribution >= 4 is 46.0 Å². The Hall–Kier alpha value is -2.36. The fourth-order valence-corrected chi connectivity index (χ4v) is 4.79. The van der Waals surface area contributed by atoms with Gasteiger partial charge in [0, 0.05) is 12.2 Å². The number of nitrogens with one attached hydrogen (secondary N) is 2. The van der Waals surface area contributed by atoms with Gasteiger partial charge in [-0.25, -0.2) is 4.79 Å². The molecule has 2 heterocycles. The van der Waals surface area contributed by atoms with Gasteiger partial charge < -0.3 is 10.6 Å². The molecule has 4 amide bonds. The third-order valence-electron chi connectivity index (χ3n) is 5.03. The van der Waals surface area contributed by atoms with Gasteiger partial charge in [-0.1, -0.05) is 37.7 Å². The maximum atomic E-state index is 12.4. The van der Waals surface area contributed by atoms with Crippen LogP contribution in [0.1, 0.15) is 31.0 Å². The number of amides is 4. The summed E-state index contributed by atoms with van der Waals surface area (Å²) in [6, 6.07) is 9.12. The van der Waals surface area contributed by atoms with Crippen LogP contribution in [0.25, 0.3) is 0 Å². The third-order valence-corrected chi connectivity index (χ3v) is 6.59. The van der Waals surface area contributed by atoms with Gasteiger partial charge in [0.2, 0.25) is 5.91 Å². The second-order valence-corrected chi connectivity index (χ2v) is 8.57. The molecule has 1 saturated heterocycles. The summed E-state index contributed by atoms with van der Waals surface area (Å²) in [4.78, 5) is 39.4. The minimum atomic E-state index is -0.267. The summed E-state index contributed by atoms with van der Waals surface area (Å²) in [6.45, 7) is 6.81. The van der Waals surface area contributed by atoms with E-state index in [9.17, 15) is 14.4 Å². The van der Waals surface area contributed by atoms with Gasteiger partial charge in [-0.2, -0.15) is 11.3 Å². The highest BCUT2D eigenvalue weighted by Crippen LogP contribution is 2.23. The molecule has 0 bridgehead atoms. The monoisotopic (exact) mass is 446 g/mol. The molecule has 0 aliphatic carbocycles. The van der Waals surface area contributed by atoms with Crippen molar-refractivity contribution in [3.05, 3.63) is 52.2 Å². The molecule has 160 valence electrons. The first-order chi connectivity index (χ1) is 14.5. The maximum Gasteiger partial charge on any atom is 0.319 e. The summed E-state index contributed by atoms with van der Waals surface area (Å²) in [5.41, 5.74) is 2.70. The van der Waals surface area contributed by atoms with Crippen LogP contribution in [-0.2, 0) is 11.3 Å². The highest BCUT2D eigenvalue weighted by atomic mass is 32.2. The standard InChI is InChI=1S/C21H26N4O3S2/c1-3-24(4-2)18(16-9-10-29-13-16)11-22-20(27)23-17-7-5-15(6-8-17)12-25-19(26)14-30-21(25)28/h5-10,13,18H,3-4,11-12,14H2,1-2H3,(H2,22,23,27). The number of carbonyl (C=O) groups is 3. The fraction of sp³-hybridized carbons (Fsp3) is 0.381. The van der Waals surface area contributed by atoms with Crippen LogP contribution < -0.4 is 10.6 Å². The number of rotatable bonds is 9. The van der Waals surface area contributed by atoms with Crippen LogP contribution in [0.15, 0.2) is 41.1 Å². The molecule has 1 aliphatic rings. The van der Waals surface area contributed by atoms with Gasteiger partial charge in [0.05, 0.1) is 18.3 Å². The minimum Gasteiger partial charge on any atom is -0.336 e. The van der Waals surface area contributed by atoms with Crippen molar-refractivity contribution in [1.29, 1.82) is 0 Å². The molecule has 0 radical (unpaired) electrons. The zero-order valence-electron chi connectivity index (χ0n) is 17.1. The van der Waals surface area contributed by atoms with Crippen molar-refractivity contribution < 1.29 is 14.4 Å². The number of thioether (sulfide) groups is 1. The average Bonchev–Trinajstić information content (AvgIpc) is 3.38. The molecule has 1 atom stereocenters. The number of imide groups is 1. The van der Waals surface area contributed by atoms with Crippen LogP contribution in [-0.4, -0.2) is 52.4 Å². The lowest BCUT2D eigenvalue weighted by Gasteiger charge is -2.29. The zero-order chi connectivity index (χ0) is 21.5. The first-order valence-corrected chi connectivity index (χ1v) is 11.8. The number of carbonyl (C=O) groups excluding carboxylic acids is 3. The van der Waals surface area contributed by atoms with Gasteiger partial charge in [-0.05, 0) is 53.2 Å². The number of anilines is 1. The SMILES string of the molecule is CCN(CC)C(CNC(=O)Nc1ccc(CN2C(=O)CSC2=O)cc1)c1ccsc1. The van der Waals surface area contributed by atoms with Crippen molar-refractivity contribution in [1.82, 2.24) is 15.1 Å². The van der Waals surface area contributed by atoms with E-state index in [2.05, 4.69) is 46.2 Å². The molecule has 30 heavy (non-hydrogen) atoms. The minimum absolute atomic E-state index is 0.132. The molecule has 0 spiro atoms. The Labute approximate surface area is 184 Å². The van der Waals surface area contributed by atoms with E-state index in [4.69, 9.17) is 0 Å². The number of hydrogen-bond acceptors (Lipinski definition) is 6. The van der Waals surface area contributed by atoms with Crippen LogP contribution in [0.5, 0.6) is 0 Å². The molecule has 9 heteroatoms. The topological polar surface area (TPSA) is 81.8 Å². The molecule has 7 nitrogen and oxygen atoms in total. The summed E-state index contributed by atoms with van der Waals surface area (Å²) < 4.78 is 0. The predicted molar refractivity (Wildman–Crippen MR) is 122 cm³/mol. The number of urea groups is 1. The summed E-state index contributed by atoms with van der Waals surface area (Å²) in [5.74, 6) is 0.0402. The highest BCUT2D eigenvalue weighted by Gasteiger charge is 2.29. The lowest BCUT2D eigenvalue weighted by Crippen LogP contribution is -2.39. The Balaban J connectivity index is 1.54. The van der Waals surface area contributed by atoms with E-state index in [1.807, 2.05) is 12.1 Å². The van der Waals surface area contributed by atoms with Crippen molar-refractivity contribution in [3.8, 4) is 0 Å². The molecule has 1 aliphatic heterocycles. The molecule has 1 aromatic carbocycles. The van der Waals surface area contributed by atoms with Gasteiger partial charge in [-0.15, -0.1) is 0 Å². The highest BCUT2D eigenvalue weighted by molar-refractivity contribution is 8.14. The van der Waals surface area contributed by atoms with E-state index < -0.39 is 0 Å². The Bertz CT molecular complexity index is 851. The Kier molecular flexibility index (Phi) is 7.89. The fourth-order valence-electron chi connectivity index (χ4n) is 3.36. The molecule has 1 aromatic heterocycles. The van der Waals surface area contributed by atoms with Crippen LogP contribution in [0, 0.1) is 0 Å². The molecule has 1 fully saturated rings. The molecule has 1 unspecified atom stereocenters. The average molecular weight is 447 g/mol. The smallest absolute Gasteiger partial charge is 0.319 e. The summed E-state index contributed by atoms with van der Waals surface area (Å²) >= 11 is 2.68. The lowest BCUT2D eigenvalue weighted by atomic mass is 10.1. The first-order valence-electron chi connectivity index (χ1n) is 9.88.